The Balaban J connectivity index is 1.58. The molecule has 208 valence electrons. The Kier molecular flexibility index (Phi) is 10.3. The van der Waals surface area contributed by atoms with Crippen LogP contribution in [0.25, 0.3) is 11.3 Å². The largest absolute Gasteiger partial charge is 0.469 e. The molecule has 0 radical (unpaired) electrons. The molecule has 3 amide bonds. The van der Waals surface area contributed by atoms with Gasteiger partial charge in [0.2, 0.25) is 0 Å². The van der Waals surface area contributed by atoms with Crippen molar-refractivity contribution in [1.82, 2.24) is 15.4 Å². The average Bonchev–Trinajstić information content (AvgIpc) is 3.39. The smallest absolute Gasteiger partial charge is 0.412 e. The Labute approximate surface area is 222 Å². The fourth-order valence-electron chi connectivity index (χ4n) is 3.52. The van der Waals surface area contributed by atoms with Crippen LogP contribution in [0.4, 0.5) is 28.6 Å². The van der Waals surface area contributed by atoms with E-state index in [2.05, 4.69) is 20.5 Å². The number of carbonyl (C=O) groups is 3. The molecule has 0 saturated heterocycles. The molecular formula is C26H27F3N4O6. The van der Waals surface area contributed by atoms with Gasteiger partial charge in [-0.15, -0.1) is 0 Å². The Morgan fingerprint density at radius 1 is 1.10 bits per heavy atom. The first-order chi connectivity index (χ1) is 18.7. The third-order valence-corrected chi connectivity index (χ3v) is 5.75. The van der Waals surface area contributed by atoms with E-state index >= 15 is 0 Å². The van der Waals surface area contributed by atoms with Crippen LogP contribution in [-0.4, -0.2) is 55.0 Å². The van der Waals surface area contributed by atoms with Gasteiger partial charge in [-0.1, -0.05) is 17.3 Å². The minimum Gasteiger partial charge on any atom is -0.469 e. The summed E-state index contributed by atoms with van der Waals surface area (Å²) in [5.41, 5.74) is 0.504. The van der Waals surface area contributed by atoms with Crippen LogP contribution in [0.1, 0.15) is 24.8 Å². The van der Waals surface area contributed by atoms with E-state index in [4.69, 9.17) is 9.26 Å². The molecular weight excluding hydrogens is 521 g/mol. The fourth-order valence-corrected chi connectivity index (χ4v) is 3.52. The maximum atomic E-state index is 13.9. The quantitative estimate of drug-likeness (QED) is 0.328. The Hall–Kier alpha value is -4.55. The molecule has 1 heterocycles. The van der Waals surface area contributed by atoms with Crippen molar-refractivity contribution >= 4 is 23.9 Å². The second kappa shape index (κ2) is 13.8. The molecule has 2 N–H and O–H groups in total. The molecule has 1 aromatic heterocycles. The lowest BCUT2D eigenvalue weighted by atomic mass is 10.1. The van der Waals surface area contributed by atoms with Crippen LogP contribution in [0.2, 0.25) is 0 Å². The van der Waals surface area contributed by atoms with Gasteiger partial charge in [0, 0.05) is 37.2 Å². The zero-order valence-electron chi connectivity index (χ0n) is 21.2. The number of esters is 1. The number of ether oxygens (including phenoxy) is 2. The molecule has 3 rings (SSSR count). The number of likely N-dealkylation sites (N-methyl/N-ethyl adjacent to an activating group) is 1. The van der Waals surface area contributed by atoms with Crippen LogP contribution in [0, 0.1) is 17.5 Å². The first-order valence-electron chi connectivity index (χ1n) is 11.8. The van der Waals surface area contributed by atoms with Crippen molar-refractivity contribution in [2.45, 2.75) is 31.8 Å². The van der Waals surface area contributed by atoms with Gasteiger partial charge >= 0.3 is 18.1 Å². The van der Waals surface area contributed by atoms with Crippen LogP contribution in [-0.2, 0) is 20.8 Å². The van der Waals surface area contributed by atoms with Crippen molar-refractivity contribution in [3.05, 3.63) is 71.5 Å². The number of urea groups is 1. The van der Waals surface area contributed by atoms with Crippen molar-refractivity contribution < 1.29 is 41.6 Å². The van der Waals surface area contributed by atoms with Gasteiger partial charge in [-0.05, 0) is 43.2 Å². The number of halogens is 3. The molecule has 3 aromatic rings. The lowest BCUT2D eigenvalue weighted by Gasteiger charge is -2.28. The summed E-state index contributed by atoms with van der Waals surface area (Å²) in [5.74, 6) is -2.62. The summed E-state index contributed by atoms with van der Waals surface area (Å²) in [7, 11) is 2.69. The zero-order valence-corrected chi connectivity index (χ0v) is 21.2. The van der Waals surface area contributed by atoms with Crippen molar-refractivity contribution in [3.8, 4) is 11.3 Å². The number of anilines is 1. The van der Waals surface area contributed by atoms with Crippen molar-refractivity contribution in [2.24, 2.45) is 0 Å². The topological polar surface area (TPSA) is 123 Å². The van der Waals surface area contributed by atoms with Crippen molar-refractivity contribution in [2.75, 3.05) is 26.1 Å². The molecule has 1 atom stereocenters. The molecule has 0 bridgehead atoms. The van der Waals surface area contributed by atoms with E-state index in [9.17, 15) is 27.6 Å². The summed E-state index contributed by atoms with van der Waals surface area (Å²) >= 11 is 0. The molecule has 0 aliphatic rings. The van der Waals surface area contributed by atoms with E-state index in [0.29, 0.717) is 12.0 Å². The van der Waals surface area contributed by atoms with Crippen molar-refractivity contribution in [3.63, 3.8) is 0 Å². The highest BCUT2D eigenvalue weighted by Gasteiger charge is 2.23. The minimum absolute atomic E-state index is 0.0396. The highest BCUT2D eigenvalue weighted by atomic mass is 19.2. The van der Waals surface area contributed by atoms with E-state index in [1.807, 2.05) is 0 Å². The van der Waals surface area contributed by atoms with Crippen LogP contribution in [0.15, 0.2) is 53.1 Å². The van der Waals surface area contributed by atoms with E-state index < -0.39 is 41.6 Å². The van der Waals surface area contributed by atoms with Crippen LogP contribution in [0.5, 0.6) is 0 Å². The Morgan fingerprint density at radius 3 is 2.56 bits per heavy atom. The van der Waals surface area contributed by atoms with Gasteiger partial charge in [-0.3, -0.25) is 10.1 Å². The molecule has 0 fully saturated rings. The molecule has 0 saturated carbocycles. The molecule has 13 heteroatoms. The van der Waals surface area contributed by atoms with Crippen LogP contribution < -0.4 is 10.6 Å². The predicted octanol–water partition coefficient (Wildman–Crippen LogP) is 4.86. The first-order valence-corrected chi connectivity index (χ1v) is 11.8. The third-order valence-electron chi connectivity index (χ3n) is 5.75. The third kappa shape index (κ3) is 8.48. The number of amides is 3. The molecule has 0 unspecified atom stereocenters. The highest BCUT2D eigenvalue weighted by Crippen LogP contribution is 2.23. The second-order valence-corrected chi connectivity index (χ2v) is 8.41. The second-order valence-electron chi connectivity index (χ2n) is 8.41. The highest BCUT2D eigenvalue weighted by molar-refractivity contribution is 5.84. The normalized spacial score (nSPS) is 11.4. The SMILES string of the molecule is COC(=O)CCC[C@@H](COC(=O)Nc1cc(-c2ccc(F)cc2)on1)N(C)C(=O)NCc1cccc(F)c1F. The van der Waals surface area contributed by atoms with Gasteiger partial charge in [0.15, 0.2) is 23.2 Å². The number of methoxy groups -OCH3 is 1. The lowest BCUT2D eigenvalue weighted by Crippen LogP contribution is -2.46. The molecule has 0 spiro atoms. The van der Waals surface area contributed by atoms with Gasteiger partial charge < -0.3 is 24.2 Å². The summed E-state index contributed by atoms with van der Waals surface area (Å²) in [6, 6.07) is 9.22. The number of carbonyl (C=O) groups excluding carboxylic acids is 3. The van der Waals surface area contributed by atoms with E-state index in [1.165, 1.54) is 61.5 Å². The first kappa shape index (κ1) is 29.0. The number of rotatable bonds is 11. The van der Waals surface area contributed by atoms with E-state index in [1.54, 1.807) is 0 Å². The number of nitrogens with one attached hydrogen (secondary N) is 2. The number of nitrogens with zero attached hydrogens (tertiary/aromatic N) is 2. The monoisotopic (exact) mass is 548 g/mol. The number of hydrogen-bond donors (Lipinski definition) is 2. The minimum atomic E-state index is -1.06. The van der Waals surface area contributed by atoms with Gasteiger partial charge in [0.25, 0.3) is 0 Å². The van der Waals surface area contributed by atoms with Gasteiger partial charge in [-0.2, -0.15) is 0 Å². The fraction of sp³-hybridized carbons (Fsp3) is 0.308. The summed E-state index contributed by atoms with van der Waals surface area (Å²) in [6.45, 7) is -0.528. The summed E-state index contributed by atoms with van der Waals surface area (Å²) < 4.78 is 55.5. The van der Waals surface area contributed by atoms with E-state index in [-0.39, 0.29) is 43.1 Å². The maximum Gasteiger partial charge on any atom is 0.412 e. The predicted molar refractivity (Wildman–Crippen MR) is 133 cm³/mol. The molecule has 10 nitrogen and oxygen atoms in total. The maximum absolute atomic E-state index is 13.9. The molecule has 2 aromatic carbocycles. The van der Waals surface area contributed by atoms with Crippen LogP contribution in [0.3, 0.4) is 0 Å². The molecule has 0 aliphatic heterocycles. The number of aromatic nitrogens is 1. The molecule has 39 heavy (non-hydrogen) atoms. The van der Waals surface area contributed by atoms with Gasteiger partial charge in [-0.25, -0.2) is 22.8 Å². The van der Waals surface area contributed by atoms with Crippen LogP contribution >= 0.6 is 0 Å². The van der Waals surface area contributed by atoms with Crippen molar-refractivity contribution in [1.29, 1.82) is 0 Å². The summed E-state index contributed by atoms with van der Waals surface area (Å²) in [5, 5.41) is 8.62. The lowest BCUT2D eigenvalue weighted by molar-refractivity contribution is -0.140. The average molecular weight is 549 g/mol. The summed E-state index contributed by atoms with van der Waals surface area (Å²) in [4.78, 5) is 37.8. The Bertz CT molecular complexity index is 1280. The van der Waals surface area contributed by atoms with Gasteiger partial charge in [0.1, 0.15) is 12.4 Å². The number of hydrogen-bond acceptors (Lipinski definition) is 7. The number of benzene rings is 2. The van der Waals surface area contributed by atoms with E-state index in [0.717, 1.165) is 6.07 Å². The standard InChI is InChI=1S/C26H27F3N4O6/c1-33(25(35)30-14-17-5-3-7-20(28)24(17)29)19(6-4-8-23(34)37-2)15-38-26(36)31-22-13-21(39-32-22)16-9-11-18(27)12-10-16/h3,5,7,9-13,19H,4,6,8,14-15H2,1-2H3,(H,30,35)(H,31,32,36)/t19-/m0/s1. The zero-order chi connectivity index (χ0) is 28.4. The van der Waals surface area contributed by atoms with Gasteiger partial charge in [0.05, 0.1) is 13.2 Å². The summed E-state index contributed by atoms with van der Waals surface area (Å²) in [6.07, 6.45) is -0.223. The molecule has 0 aliphatic carbocycles. The Morgan fingerprint density at radius 2 is 1.85 bits per heavy atom.